The minimum absolute atomic E-state index is 0.0249. The summed E-state index contributed by atoms with van der Waals surface area (Å²) in [5, 5.41) is 39.8. The third kappa shape index (κ3) is 7.81. The molecule has 0 radical (unpaired) electrons. The van der Waals surface area contributed by atoms with E-state index in [9.17, 15) is 44.4 Å². The molecule has 3 amide bonds. The van der Waals surface area contributed by atoms with Crippen LogP contribution in [0.15, 0.2) is 69.0 Å². The molecule has 0 fully saturated rings. The van der Waals surface area contributed by atoms with E-state index in [1.807, 2.05) is 6.08 Å². The molecule has 3 heterocycles. The number of nitrogens with zero attached hydrogens (tertiary/aromatic N) is 4. The van der Waals surface area contributed by atoms with Gasteiger partial charge in [0.05, 0.1) is 5.39 Å². The molecule has 16 heteroatoms. The molecule has 52 heavy (non-hydrogen) atoms. The molecule has 4 aromatic rings. The molecule has 0 unspecified atom stereocenters. The van der Waals surface area contributed by atoms with Crippen molar-refractivity contribution in [2.75, 3.05) is 39.3 Å². The predicted molar refractivity (Wildman–Crippen MR) is 191 cm³/mol. The Kier molecular flexibility index (Phi) is 11.4. The number of carbonyl (C=O) groups is 3. The van der Waals surface area contributed by atoms with Gasteiger partial charge in [-0.25, -0.2) is 0 Å². The summed E-state index contributed by atoms with van der Waals surface area (Å²) in [4.78, 5) is 78.5. The number of benzene rings is 1. The molecular formula is C36H39N7O9. The van der Waals surface area contributed by atoms with Crippen LogP contribution >= 0.6 is 0 Å². The van der Waals surface area contributed by atoms with Crippen LogP contribution in [0.1, 0.15) is 67.1 Å². The fourth-order valence-corrected chi connectivity index (χ4v) is 5.88. The fourth-order valence-electron chi connectivity index (χ4n) is 5.88. The van der Waals surface area contributed by atoms with Gasteiger partial charge in [-0.05, 0) is 67.5 Å². The summed E-state index contributed by atoms with van der Waals surface area (Å²) in [5.41, 5.74) is -1.24. The van der Waals surface area contributed by atoms with Crippen LogP contribution in [0, 0.1) is 6.92 Å². The zero-order chi connectivity index (χ0) is 37.5. The molecule has 0 aliphatic heterocycles. The lowest BCUT2D eigenvalue weighted by molar-refractivity contribution is 0.0884. The third-order valence-corrected chi connectivity index (χ3v) is 8.73. The summed E-state index contributed by atoms with van der Waals surface area (Å²) < 4.78 is 0.880. The maximum Gasteiger partial charge on any atom is 0.291 e. The van der Waals surface area contributed by atoms with Crippen LogP contribution in [0.3, 0.4) is 0 Å². The van der Waals surface area contributed by atoms with Gasteiger partial charge in [0.25, 0.3) is 34.4 Å². The van der Waals surface area contributed by atoms with E-state index in [2.05, 4.69) is 16.0 Å². The number of nitrogens with one attached hydrogen (secondary N) is 3. The molecule has 272 valence electrons. The summed E-state index contributed by atoms with van der Waals surface area (Å²) in [6.45, 7) is 3.91. The van der Waals surface area contributed by atoms with Crippen molar-refractivity contribution in [3.8, 4) is 0 Å². The molecule has 3 aromatic heterocycles. The first-order chi connectivity index (χ1) is 24.9. The van der Waals surface area contributed by atoms with Crippen molar-refractivity contribution in [2.45, 2.75) is 26.7 Å². The molecule has 0 saturated carbocycles. The third-order valence-electron chi connectivity index (χ3n) is 8.73. The normalized spacial score (nSPS) is 12.3. The molecule has 6 N–H and O–H groups in total. The van der Waals surface area contributed by atoms with Crippen molar-refractivity contribution in [2.24, 2.45) is 0 Å². The van der Waals surface area contributed by atoms with Crippen molar-refractivity contribution in [1.82, 2.24) is 35.0 Å². The van der Waals surface area contributed by atoms with Crippen LogP contribution in [0.4, 0.5) is 0 Å². The van der Waals surface area contributed by atoms with Gasteiger partial charge < -0.3 is 31.6 Å². The van der Waals surface area contributed by atoms with Crippen molar-refractivity contribution in [3.05, 3.63) is 125 Å². The van der Waals surface area contributed by atoms with E-state index < -0.39 is 34.4 Å². The standard InChI is InChI=1S/C36H39N7O9/c1-3-8-23-19-28(41(50)34(47)22(23)2)31(44)37-13-16-40(17-14-38-32(45)29-20-24-9-4-6-11-26(24)35(48)42(29)51)18-15-39-33(46)30-21-25-10-5-7-12-27(25)36(49)43(30)52/h3-4,6-9,11-12,19-21,50-52H,5,10,13-18H2,1-2H3,(H,37,44)(H,38,45)(H,39,46). The average Bonchev–Trinajstić information content (AvgIpc) is 3.14. The highest BCUT2D eigenvalue weighted by atomic mass is 16.5. The summed E-state index contributed by atoms with van der Waals surface area (Å²) >= 11 is 0. The van der Waals surface area contributed by atoms with E-state index >= 15 is 0 Å². The van der Waals surface area contributed by atoms with Crippen molar-refractivity contribution in [1.29, 1.82) is 0 Å². The summed E-state index contributed by atoms with van der Waals surface area (Å²) in [5.74, 6) is -2.12. The number of carbonyl (C=O) groups excluding carboxylic acids is 3. The zero-order valence-electron chi connectivity index (χ0n) is 28.6. The molecule has 0 bridgehead atoms. The van der Waals surface area contributed by atoms with E-state index in [-0.39, 0.29) is 76.8 Å². The van der Waals surface area contributed by atoms with Gasteiger partial charge in [-0.1, -0.05) is 42.5 Å². The number of aryl methyl sites for hydroxylation is 1. The molecular weight excluding hydrogens is 674 g/mol. The first kappa shape index (κ1) is 36.9. The van der Waals surface area contributed by atoms with E-state index in [4.69, 9.17) is 0 Å². The van der Waals surface area contributed by atoms with Crippen molar-refractivity contribution < 1.29 is 30.0 Å². The van der Waals surface area contributed by atoms with E-state index in [1.165, 1.54) is 31.2 Å². The van der Waals surface area contributed by atoms with Gasteiger partial charge in [0.15, 0.2) is 0 Å². The lowest BCUT2D eigenvalue weighted by Gasteiger charge is -2.23. The average molecular weight is 714 g/mol. The Hall–Kier alpha value is -6.42. The highest BCUT2D eigenvalue weighted by Crippen LogP contribution is 2.17. The lowest BCUT2D eigenvalue weighted by Crippen LogP contribution is -2.44. The van der Waals surface area contributed by atoms with Gasteiger partial charge >= 0.3 is 0 Å². The van der Waals surface area contributed by atoms with Crippen LogP contribution in [0.2, 0.25) is 0 Å². The molecule has 0 saturated heterocycles. The van der Waals surface area contributed by atoms with E-state index in [0.29, 0.717) is 39.6 Å². The summed E-state index contributed by atoms with van der Waals surface area (Å²) in [7, 11) is 0. The van der Waals surface area contributed by atoms with Gasteiger partial charge in [0.1, 0.15) is 17.1 Å². The molecule has 1 aliphatic carbocycles. The number of rotatable bonds is 13. The largest absolute Gasteiger partial charge is 0.425 e. The molecule has 1 aromatic carbocycles. The van der Waals surface area contributed by atoms with Gasteiger partial charge in [-0.15, -0.1) is 14.2 Å². The Morgan fingerprint density at radius 2 is 1.31 bits per heavy atom. The maximum absolute atomic E-state index is 13.0. The predicted octanol–water partition coefficient (Wildman–Crippen LogP) is 1.23. The summed E-state index contributed by atoms with van der Waals surface area (Å²) in [6.07, 6.45) is 8.01. The second-order valence-electron chi connectivity index (χ2n) is 12.1. The second kappa shape index (κ2) is 16.1. The highest BCUT2D eigenvalue weighted by molar-refractivity contribution is 5.96. The smallest absolute Gasteiger partial charge is 0.291 e. The van der Waals surface area contributed by atoms with Gasteiger partial charge in [-0.2, -0.15) is 0 Å². The topological polar surface area (TPSA) is 217 Å². The molecule has 16 nitrogen and oxygen atoms in total. The fraction of sp³-hybridized carbons (Fsp3) is 0.278. The number of fused-ring (bicyclic) bond motifs is 2. The van der Waals surface area contributed by atoms with Crippen LogP contribution in [-0.2, 0) is 6.42 Å². The zero-order valence-corrected chi connectivity index (χ0v) is 28.6. The van der Waals surface area contributed by atoms with Gasteiger partial charge in [-0.3, -0.25) is 33.7 Å². The van der Waals surface area contributed by atoms with Crippen molar-refractivity contribution >= 4 is 40.6 Å². The minimum atomic E-state index is -0.750. The monoisotopic (exact) mass is 713 g/mol. The lowest BCUT2D eigenvalue weighted by atomic mass is 9.98. The van der Waals surface area contributed by atoms with Crippen LogP contribution < -0.4 is 32.6 Å². The van der Waals surface area contributed by atoms with Crippen molar-refractivity contribution in [3.63, 3.8) is 0 Å². The number of amides is 3. The Morgan fingerprint density at radius 3 is 1.92 bits per heavy atom. The molecule has 0 atom stereocenters. The number of hydrogen-bond acceptors (Lipinski definition) is 10. The van der Waals surface area contributed by atoms with Crippen LogP contribution in [0.5, 0.6) is 0 Å². The Labute approximate surface area is 296 Å². The Bertz CT molecular complexity index is 2290. The first-order valence-electron chi connectivity index (χ1n) is 16.6. The molecule has 0 spiro atoms. The van der Waals surface area contributed by atoms with Crippen LogP contribution in [-0.4, -0.2) is 91.7 Å². The number of hydrogen-bond donors (Lipinski definition) is 6. The van der Waals surface area contributed by atoms with Crippen LogP contribution in [0.25, 0.3) is 22.9 Å². The van der Waals surface area contributed by atoms with E-state index in [0.717, 1.165) is 0 Å². The Morgan fingerprint density at radius 1 is 0.769 bits per heavy atom. The summed E-state index contributed by atoms with van der Waals surface area (Å²) in [6, 6.07) is 10.8. The first-order valence-corrected chi connectivity index (χ1v) is 16.6. The number of aromatic nitrogens is 3. The second-order valence-corrected chi connectivity index (χ2v) is 12.1. The number of pyridine rings is 3. The quantitative estimate of drug-likeness (QED) is 0.109. The molecule has 1 aliphatic rings. The van der Waals surface area contributed by atoms with E-state index in [1.54, 1.807) is 48.3 Å². The minimum Gasteiger partial charge on any atom is -0.425 e. The van der Waals surface area contributed by atoms with Gasteiger partial charge in [0, 0.05) is 50.4 Å². The molecule has 5 rings (SSSR count). The number of allylic oxidation sites excluding steroid dienone is 2. The SMILES string of the molecule is CC=Cc1cc(C(=O)NCCN(CCNC(=O)c2cc3c(c(=O)n2O)C=CCC3)CCNC(=O)c2cc3ccccc3c(=O)n2O)n(O)c(=O)c1C. The highest BCUT2D eigenvalue weighted by Gasteiger charge is 2.21. The van der Waals surface area contributed by atoms with Gasteiger partial charge in [0.2, 0.25) is 0 Å². The Balaban J connectivity index is 1.26. The maximum atomic E-state index is 13.0.